The second-order valence-electron chi connectivity index (χ2n) is 6.88. The van der Waals surface area contributed by atoms with Gasteiger partial charge in [-0.25, -0.2) is 4.79 Å². The van der Waals surface area contributed by atoms with Crippen molar-refractivity contribution in [3.05, 3.63) is 91.0 Å². The second kappa shape index (κ2) is 9.58. The number of H-pyrrole nitrogens is 1. The van der Waals surface area contributed by atoms with Gasteiger partial charge in [0.15, 0.2) is 5.69 Å². The molecule has 0 saturated heterocycles. The monoisotopic (exact) mass is 470 g/mol. The first kappa shape index (κ1) is 21.6. The molecule has 0 aliphatic carbocycles. The van der Waals surface area contributed by atoms with Crippen LogP contribution in [0.3, 0.4) is 0 Å². The average molecular weight is 471 g/mol. The van der Waals surface area contributed by atoms with Crippen LogP contribution < -0.4 is 21.9 Å². The van der Waals surface area contributed by atoms with Crippen LogP contribution in [0.5, 0.6) is 0 Å². The molecule has 3 N–H and O–H groups in total. The molecule has 8 heteroatoms. The summed E-state index contributed by atoms with van der Waals surface area (Å²) in [5, 5.41) is 0. The van der Waals surface area contributed by atoms with Crippen LogP contribution in [0.25, 0.3) is 0 Å². The number of benzene rings is 2. The fraction of sp³-hybridized carbons (Fsp3) is 0.227. The van der Waals surface area contributed by atoms with E-state index in [2.05, 4.69) is 20.9 Å². The van der Waals surface area contributed by atoms with E-state index in [0.717, 1.165) is 22.9 Å². The molecule has 0 radical (unpaired) electrons. The van der Waals surface area contributed by atoms with Crippen molar-refractivity contribution in [1.82, 2.24) is 9.55 Å². The predicted octanol–water partition coefficient (Wildman–Crippen LogP) is 3.53. The number of rotatable bonds is 7. The SMILES string of the molecule is CCCCn1c(N)c(N(Cc2ccccc2)C(=O)c2ccc(Br)cc2)c(=O)[nH]c1=O. The number of nitrogens with two attached hydrogens (primary N) is 1. The Hall–Kier alpha value is -3.13. The third-order valence-corrected chi connectivity index (χ3v) is 5.27. The Kier molecular flexibility index (Phi) is 6.89. The molecule has 3 rings (SSSR count). The molecule has 1 heterocycles. The molecule has 1 amide bonds. The van der Waals surface area contributed by atoms with Crippen molar-refractivity contribution in [2.45, 2.75) is 32.9 Å². The number of carbonyl (C=O) groups is 1. The number of hydrogen-bond donors (Lipinski definition) is 2. The minimum absolute atomic E-state index is 0.0152. The number of nitrogens with zero attached hydrogens (tertiary/aromatic N) is 2. The summed E-state index contributed by atoms with van der Waals surface area (Å²) in [7, 11) is 0. The van der Waals surface area contributed by atoms with Gasteiger partial charge < -0.3 is 5.73 Å². The molecule has 0 unspecified atom stereocenters. The highest BCUT2D eigenvalue weighted by Gasteiger charge is 2.25. The molecule has 0 saturated carbocycles. The molecule has 7 nitrogen and oxygen atoms in total. The zero-order valence-corrected chi connectivity index (χ0v) is 18.2. The second-order valence-corrected chi connectivity index (χ2v) is 7.80. The third kappa shape index (κ3) is 4.71. The molecular weight excluding hydrogens is 448 g/mol. The molecular formula is C22H23BrN4O3. The van der Waals surface area contributed by atoms with Crippen molar-refractivity contribution in [1.29, 1.82) is 0 Å². The van der Waals surface area contributed by atoms with Crippen molar-refractivity contribution in [3.8, 4) is 0 Å². The van der Waals surface area contributed by atoms with Gasteiger partial charge in [0.25, 0.3) is 11.5 Å². The lowest BCUT2D eigenvalue weighted by atomic mass is 10.1. The number of hydrogen-bond acceptors (Lipinski definition) is 4. The third-order valence-electron chi connectivity index (χ3n) is 4.74. The van der Waals surface area contributed by atoms with E-state index in [4.69, 9.17) is 5.73 Å². The summed E-state index contributed by atoms with van der Waals surface area (Å²) in [6.07, 6.45) is 1.57. The average Bonchev–Trinajstić information content (AvgIpc) is 2.73. The number of aromatic nitrogens is 2. The molecule has 2 aromatic carbocycles. The van der Waals surface area contributed by atoms with Gasteiger partial charge in [-0.15, -0.1) is 0 Å². The number of nitrogens with one attached hydrogen (secondary N) is 1. The Morgan fingerprint density at radius 1 is 1.10 bits per heavy atom. The van der Waals surface area contributed by atoms with Gasteiger partial charge in [-0.2, -0.15) is 0 Å². The standard InChI is InChI=1S/C22H23BrN4O3/c1-2-3-13-26-19(24)18(20(28)25-22(26)30)27(14-15-7-5-4-6-8-15)21(29)16-9-11-17(23)12-10-16/h4-12H,2-3,13-14,24H2,1H3,(H,25,28,30). The first-order valence-electron chi connectivity index (χ1n) is 9.66. The van der Waals surface area contributed by atoms with Crippen LogP contribution in [-0.4, -0.2) is 15.5 Å². The number of amides is 1. The lowest BCUT2D eigenvalue weighted by Crippen LogP contribution is -2.41. The highest BCUT2D eigenvalue weighted by molar-refractivity contribution is 9.10. The van der Waals surface area contributed by atoms with Crippen LogP contribution in [0.2, 0.25) is 0 Å². The molecule has 0 aliphatic rings. The molecule has 0 fully saturated rings. The van der Waals surface area contributed by atoms with E-state index in [0.29, 0.717) is 12.1 Å². The molecule has 0 aliphatic heterocycles. The summed E-state index contributed by atoms with van der Waals surface area (Å²) in [6, 6.07) is 16.1. The zero-order chi connectivity index (χ0) is 21.7. The molecule has 0 bridgehead atoms. The van der Waals surface area contributed by atoms with Crippen molar-refractivity contribution in [2.75, 3.05) is 10.6 Å². The van der Waals surface area contributed by atoms with Crippen molar-refractivity contribution < 1.29 is 4.79 Å². The number of unbranched alkanes of at least 4 members (excludes halogenated alkanes) is 1. The van der Waals surface area contributed by atoms with E-state index in [1.807, 2.05) is 37.3 Å². The normalized spacial score (nSPS) is 10.7. The Morgan fingerprint density at radius 3 is 2.40 bits per heavy atom. The quantitative estimate of drug-likeness (QED) is 0.551. The first-order chi connectivity index (χ1) is 14.4. The van der Waals surface area contributed by atoms with Gasteiger partial charge in [-0.1, -0.05) is 59.6 Å². The van der Waals surface area contributed by atoms with Gasteiger partial charge in [0.2, 0.25) is 0 Å². The molecule has 156 valence electrons. The smallest absolute Gasteiger partial charge is 0.330 e. The summed E-state index contributed by atoms with van der Waals surface area (Å²) in [6.45, 7) is 2.48. The summed E-state index contributed by atoms with van der Waals surface area (Å²) in [5.74, 6) is -0.400. The molecule has 1 aromatic heterocycles. The van der Waals surface area contributed by atoms with Crippen LogP contribution in [0, 0.1) is 0 Å². The van der Waals surface area contributed by atoms with Crippen molar-refractivity contribution >= 4 is 33.3 Å². The molecule has 3 aromatic rings. The Balaban J connectivity index is 2.14. The highest BCUT2D eigenvalue weighted by Crippen LogP contribution is 2.23. The molecule has 0 spiro atoms. The Labute approximate surface area is 182 Å². The van der Waals surface area contributed by atoms with Gasteiger partial charge >= 0.3 is 5.69 Å². The van der Waals surface area contributed by atoms with Crippen molar-refractivity contribution in [3.63, 3.8) is 0 Å². The van der Waals surface area contributed by atoms with E-state index >= 15 is 0 Å². The Morgan fingerprint density at radius 2 is 1.77 bits per heavy atom. The van der Waals surface area contributed by atoms with E-state index < -0.39 is 11.2 Å². The fourth-order valence-electron chi connectivity index (χ4n) is 3.14. The number of carbonyl (C=O) groups excluding carboxylic acids is 1. The van der Waals surface area contributed by atoms with Crippen LogP contribution in [0.1, 0.15) is 35.7 Å². The van der Waals surface area contributed by atoms with Gasteiger partial charge in [0.1, 0.15) is 5.82 Å². The summed E-state index contributed by atoms with van der Waals surface area (Å²) < 4.78 is 2.15. The van der Waals surface area contributed by atoms with Gasteiger partial charge in [0, 0.05) is 16.6 Å². The molecule has 30 heavy (non-hydrogen) atoms. The van der Waals surface area contributed by atoms with E-state index in [1.54, 1.807) is 24.3 Å². The predicted molar refractivity (Wildman–Crippen MR) is 122 cm³/mol. The largest absolute Gasteiger partial charge is 0.383 e. The first-order valence-corrected chi connectivity index (χ1v) is 10.5. The number of anilines is 2. The lowest BCUT2D eigenvalue weighted by molar-refractivity contribution is 0.0984. The van der Waals surface area contributed by atoms with Gasteiger partial charge in [0.05, 0.1) is 6.54 Å². The highest BCUT2D eigenvalue weighted by atomic mass is 79.9. The summed E-state index contributed by atoms with van der Waals surface area (Å²) in [4.78, 5) is 42.1. The van der Waals surface area contributed by atoms with E-state index in [-0.39, 0.29) is 24.0 Å². The fourth-order valence-corrected chi connectivity index (χ4v) is 3.41. The number of aromatic amines is 1. The zero-order valence-electron chi connectivity index (χ0n) is 16.6. The van der Waals surface area contributed by atoms with Gasteiger partial charge in [-0.05, 0) is 36.2 Å². The van der Waals surface area contributed by atoms with Crippen LogP contribution in [0.15, 0.2) is 68.7 Å². The summed E-state index contributed by atoms with van der Waals surface area (Å²) >= 11 is 3.36. The number of nitrogen functional groups attached to an aromatic ring is 1. The Bertz CT molecular complexity index is 1140. The lowest BCUT2D eigenvalue weighted by Gasteiger charge is -2.25. The van der Waals surface area contributed by atoms with Crippen LogP contribution >= 0.6 is 15.9 Å². The van der Waals surface area contributed by atoms with Crippen LogP contribution in [-0.2, 0) is 13.1 Å². The number of halogens is 1. The maximum absolute atomic E-state index is 13.4. The summed E-state index contributed by atoms with van der Waals surface area (Å²) in [5.41, 5.74) is 6.20. The minimum Gasteiger partial charge on any atom is -0.383 e. The van der Waals surface area contributed by atoms with Gasteiger partial charge in [-0.3, -0.25) is 24.0 Å². The van der Waals surface area contributed by atoms with E-state index in [9.17, 15) is 14.4 Å². The maximum Gasteiger partial charge on any atom is 0.330 e. The van der Waals surface area contributed by atoms with Crippen LogP contribution in [0.4, 0.5) is 11.5 Å². The maximum atomic E-state index is 13.4. The minimum atomic E-state index is -0.688. The molecule has 0 atom stereocenters. The topological polar surface area (TPSA) is 101 Å². The van der Waals surface area contributed by atoms with Crippen molar-refractivity contribution in [2.24, 2.45) is 0 Å². The van der Waals surface area contributed by atoms with E-state index in [1.165, 1.54) is 9.47 Å².